The molecule has 0 spiro atoms. The van der Waals surface area contributed by atoms with Gasteiger partial charge in [0.15, 0.2) is 17.9 Å². The number of aliphatic hydroxyl groups is 2. The van der Waals surface area contributed by atoms with Gasteiger partial charge in [0, 0.05) is 57.0 Å². The van der Waals surface area contributed by atoms with Gasteiger partial charge in [-0.3, -0.25) is 58.1 Å². The Morgan fingerprint density at radius 3 is 1.93 bits per heavy atom. The van der Waals surface area contributed by atoms with Crippen molar-refractivity contribution >= 4 is 88.3 Å². The topological polar surface area (TPSA) is 533 Å². The van der Waals surface area contributed by atoms with E-state index in [2.05, 4.69) is 46.9 Å². The summed E-state index contributed by atoms with van der Waals surface area (Å²) in [4.78, 5) is 151. The van der Waals surface area contributed by atoms with Crippen LogP contribution in [0.4, 0.5) is 0 Å². The molecule has 4 heterocycles. The van der Waals surface area contributed by atoms with Crippen molar-refractivity contribution in [3.63, 3.8) is 0 Å². The number of aliphatic imine (C=N–C) groups is 3. The van der Waals surface area contributed by atoms with Crippen molar-refractivity contribution in [2.75, 3.05) is 59.0 Å². The number of amides is 9. The van der Waals surface area contributed by atoms with Crippen molar-refractivity contribution in [3.8, 4) is 0 Å². The Bertz CT molecular complexity index is 2440. The van der Waals surface area contributed by atoms with Crippen LogP contribution in [0.15, 0.2) is 32.5 Å². The van der Waals surface area contributed by atoms with Gasteiger partial charge in [-0.2, -0.15) is 0 Å². The van der Waals surface area contributed by atoms with Crippen molar-refractivity contribution in [2.24, 2.45) is 55.1 Å². The monoisotopic (exact) mass is 1160 g/mol. The molecule has 3 aliphatic rings. The number of aliphatic hydroxyl groups excluding tert-OH is 2. The van der Waals surface area contributed by atoms with Crippen molar-refractivity contribution in [3.05, 3.63) is 22.4 Å². The van der Waals surface area contributed by atoms with Crippen molar-refractivity contribution in [2.45, 2.75) is 138 Å². The molecule has 4 rings (SSSR count). The number of nitrogens with two attached hydrogens (primary N) is 7. The van der Waals surface area contributed by atoms with Crippen LogP contribution in [0.1, 0.15) is 81.9 Å². The number of carbonyl (C=O) groups excluding carboxylic acids is 9. The quantitative estimate of drug-likeness (QED) is 0.0187. The van der Waals surface area contributed by atoms with E-state index in [-0.39, 0.29) is 115 Å². The normalized spacial score (nSPS) is 19.7. The Kier molecular flexibility index (Phi) is 26.7. The SMILES string of the molecule is NC(N)=NCCC[C@@H](N)C(=O)N[C@@H](CCCN=C(N)N)C(=O)N1CCC[C@H]1C(=O)N1CC(O)C[C@H]1C(=O)NCC(=O)N[C@@H](Cc1cccs1)C(=O)N[C@@H](CO)C(=O)N[C@H]1CCCCN(CC(=O)N[C@@H](CCCN=C(N)N)C(=O)O)C1=O. The highest BCUT2D eigenvalue weighted by Crippen LogP contribution is 2.27. The lowest BCUT2D eigenvalue weighted by atomic mass is 10.1. The van der Waals surface area contributed by atoms with Gasteiger partial charge in [0.05, 0.1) is 31.8 Å². The zero-order valence-corrected chi connectivity index (χ0v) is 45.9. The fraction of sp³-hybridized carbons (Fsp3) is 0.646. The van der Waals surface area contributed by atoms with Crippen LogP contribution in [-0.4, -0.2) is 220 Å². The number of nitrogens with one attached hydrogen (secondary N) is 6. The number of hydrogen-bond donors (Lipinski definition) is 16. The van der Waals surface area contributed by atoms with Gasteiger partial charge in [-0.1, -0.05) is 6.07 Å². The standard InChI is InChI=1S/C48H79N19O13S/c49-28(9-3-14-56-46(50)51)38(72)62-30(11-4-15-57-47(52)53)43(77)66-18-6-13-34(66)44(78)67-23-26(69)20-35(67)41(75)59-22-36(70)61-32(21-27-8-7-19-81-27)39(73)64-33(25-68)40(74)63-29-10-1-2-17-65(42(29)76)24-37(71)60-31(45(79)80)12-5-16-58-48(54)55/h7-8,19,26,28-35,68-69H,1-6,9-18,20-25,49H2,(H,59,75)(H,60,71)(H,61,70)(H,62,72)(H,63,74)(H,64,73)(H,79,80)(H4,50,51,56)(H4,52,53,57)(H4,54,55,58)/t26?,28-,29+,30+,31+,32+,33+,34+,35+/m1/s1. The Hall–Kier alpha value is -7.91. The van der Waals surface area contributed by atoms with E-state index in [1.54, 1.807) is 17.5 Å². The van der Waals surface area contributed by atoms with Gasteiger partial charge in [-0.15, -0.1) is 11.3 Å². The van der Waals surface area contributed by atoms with Crippen LogP contribution in [-0.2, 0) is 54.4 Å². The third-order valence-corrected chi connectivity index (χ3v) is 14.3. The van der Waals surface area contributed by atoms with Crippen molar-refractivity contribution in [1.29, 1.82) is 0 Å². The Morgan fingerprint density at radius 2 is 1.32 bits per heavy atom. The lowest BCUT2D eigenvalue weighted by molar-refractivity contribution is -0.148. The number of thiophene rings is 1. The number of likely N-dealkylation sites (tertiary alicyclic amines) is 3. The molecule has 0 aliphatic carbocycles. The molecule has 450 valence electrons. The molecule has 0 aromatic carbocycles. The molecule has 0 radical (unpaired) electrons. The van der Waals surface area contributed by atoms with E-state index in [1.807, 2.05) is 0 Å². The lowest BCUT2D eigenvalue weighted by Crippen LogP contribution is -2.59. The molecule has 0 bridgehead atoms. The van der Waals surface area contributed by atoms with E-state index in [0.29, 0.717) is 30.6 Å². The van der Waals surface area contributed by atoms with Crippen molar-refractivity contribution < 1.29 is 63.3 Å². The van der Waals surface area contributed by atoms with Gasteiger partial charge in [-0.05, 0) is 82.1 Å². The average Bonchev–Trinajstić information content (AvgIpc) is 4.33. The number of hydrogen-bond acceptors (Lipinski definition) is 17. The maximum Gasteiger partial charge on any atom is 0.326 e. The summed E-state index contributed by atoms with van der Waals surface area (Å²) < 4.78 is 0. The zero-order valence-electron chi connectivity index (χ0n) is 45.0. The molecule has 3 fully saturated rings. The highest BCUT2D eigenvalue weighted by atomic mass is 32.1. The molecule has 32 nitrogen and oxygen atoms in total. The van der Waals surface area contributed by atoms with Crippen LogP contribution in [0.25, 0.3) is 0 Å². The van der Waals surface area contributed by atoms with Gasteiger partial charge in [0.25, 0.3) is 0 Å². The van der Waals surface area contributed by atoms with Gasteiger partial charge in [0.2, 0.25) is 53.2 Å². The predicted octanol–water partition coefficient (Wildman–Crippen LogP) is -7.64. The summed E-state index contributed by atoms with van der Waals surface area (Å²) in [5.41, 5.74) is 38.4. The Morgan fingerprint density at radius 1 is 0.704 bits per heavy atom. The molecular formula is C48H79N19O13S. The summed E-state index contributed by atoms with van der Waals surface area (Å²) >= 11 is 1.26. The van der Waals surface area contributed by atoms with Gasteiger partial charge in [-0.25, -0.2) is 4.79 Å². The smallest absolute Gasteiger partial charge is 0.326 e. The molecule has 3 saturated heterocycles. The van der Waals surface area contributed by atoms with Crippen LogP contribution in [0.5, 0.6) is 0 Å². The van der Waals surface area contributed by atoms with Crippen LogP contribution < -0.4 is 72.0 Å². The van der Waals surface area contributed by atoms with Crippen LogP contribution >= 0.6 is 11.3 Å². The molecule has 0 saturated carbocycles. The highest BCUT2D eigenvalue weighted by molar-refractivity contribution is 7.09. The second kappa shape index (κ2) is 33.0. The number of carbonyl (C=O) groups is 10. The van der Waals surface area contributed by atoms with Crippen LogP contribution in [0.2, 0.25) is 0 Å². The molecule has 9 atom stereocenters. The highest BCUT2D eigenvalue weighted by Gasteiger charge is 2.46. The number of carboxylic acids is 1. The summed E-state index contributed by atoms with van der Waals surface area (Å²) in [6.45, 7) is -1.73. The number of aliphatic carboxylic acids is 1. The molecule has 1 aromatic rings. The maximum atomic E-state index is 14.3. The summed E-state index contributed by atoms with van der Waals surface area (Å²) in [6, 6.07) is -6.67. The minimum atomic E-state index is -1.64. The molecule has 1 aromatic heterocycles. The molecule has 3 aliphatic heterocycles. The maximum absolute atomic E-state index is 14.3. The average molecular weight is 1160 g/mol. The fourth-order valence-electron chi connectivity index (χ4n) is 9.35. The first-order chi connectivity index (χ1) is 38.5. The van der Waals surface area contributed by atoms with Gasteiger partial charge >= 0.3 is 5.97 Å². The van der Waals surface area contributed by atoms with E-state index in [4.69, 9.17) is 40.1 Å². The summed E-state index contributed by atoms with van der Waals surface area (Å²) in [7, 11) is 0. The molecule has 1 unspecified atom stereocenters. The minimum absolute atomic E-state index is 0.00257. The number of rotatable bonds is 31. The van der Waals surface area contributed by atoms with Crippen LogP contribution in [0.3, 0.4) is 0 Å². The number of β-amino-alcohol motifs (C(OH)–C–C–N with tert-alkyl or cyclic N) is 1. The molecule has 33 heteroatoms. The Balaban J connectivity index is 1.38. The molecular weight excluding hydrogens is 1080 g/mol. The Labute approximate surface area is 471 Å². The third kappa shape index (κ3) is 21.6. The third-order valence-electron chi connectivity index (χ3n) is 13.4. The van der Waals surface area contributed by atoms with Gasteiger partial charge in [0.1, 0.15) is 42.3 Å². The molecule has 81 heavy (non-hydrogen) atoms. The first kappa shape index (κ1) is 65.6. The fourth-order valence-corrected chi connectivity index (χ4v) is 10.1. The molecule has 9 amide bonds. The number of guanidine groups is 3. The first-order valence-electron chi connectivity index (χ1n) is 26.6. The van der Waals surface area contributed by atoms with E-state index >= 15 is 0 Å². The number of nitrogens with zero attached hydrogens (tertiary/aromatic N) is 6. The van der Waals surface area contributed by atoms with Gasteiger partial charge < -0.3 is 102 Å². The first-order valence-corrected chi connectivity index (χ1v) is 27.5. The summed E-state index contributed by atoms with van der Waals surface area (Å²) in [5, 5.41) is 47.4. The van der Waals surface area contributed by atoms with E-state index in [0.717, 1.165) is 4.90 Å². The van der Waals surface area contributed by atoms with E-state index in [9.17, 15) is 63.3 Å². The minimum Gasteiger partial charge on any atom is -0.480 e. The van der Waals surface area contributed by atoms with E-state index in [1.165, 1.54) is 21.1 Å². The van der Waals surface area contributed by atoms with Crippen molar-refractivity contribution in [1.82, 2.24) is 46.6 Å². The summed E-state index contributed by atoms with van der Waals surface area (Å²) in [5.74, 6) is -8.65. The predicted molar refractivity (Wildman–Crippen MR) is 294 cm³/mol. The zero-order chi connectivity index (χ0) is 59.8. The lowest BCUT2D eigenvalue weighted by Gasteiger charge is -2.33. The second-order valence-corrected chi connectivity index (χ2v) is 20.8. The van der Waals surface area contributed by atoms with E-state index < -0.39 is 133 Å². The van der Waals surface area contributed by atoms with Crippen LogP contribution in [0, 0.1) is 0 Å². The largest absolute Gasteiger partial charge is 0.480 e. The molecule has 23 N–H and O–H groups in total. The number of carboxylic acid groups (broad SMARTS) is 1. The summed E-state index contributed by atoms with van der Waals surface area (Å²) in [6.07, 6.45) is 1.26. The second-order valence-electron chi connectivity index (χ2n) is 19.7.